The zero-order valence-electron chi connectivity index (χ0n) is 12.4. The minimum atomic E-state index is -0.866. The van der Waals surface area contributed by atoms with Crippen LogP contribution in [0.15, 0.2) is 35.7 Å². The summed E-state index contributed by atoms with van der Waals surface area (Å²) >= 11 is 2.44. The van der Waals surface area contributed by atoms with E-state index in [0.29, 0.717) is 10.0 Å². The van der Waals surface area contributed by atoms with Gasteiger partial charge in [0.25, 0.3) is 11.8 Å². The van der Waals surface area contributed by atoms with E-state index in [0.717, 1.165) is 17.3 Å². The highest BCUT2D eigenvalue weighted by Gasteiger charge is 2.19. The molecule has 24 heavy (non-hydrogen) atoms. The molecule has 0 fully saturated rings. The minimum Gasteiger partial charge on any atom is -0.453 e. The molecule has 2 N–H and O–H groups in total. The van der Waals surface area contributed by atoms with Crippen LogP contribution in [0, 0.1) is 0 Å². The molecule has 7 nitrogen and oxygen atoms in total. The Morgan fingerprint density at radius 3 is 2.67 bits per heavy atom. The number of nitrogens with one attached hydrogen (secondary N) is 2. The largest absolute Gasteiger partial charge is 0.453 e. The SMILES string of the molecule is COC(=O)NC(=O)c1ccsc1NC(=O)c1nc2ccccc2s1. The fourth-order valence-corrected chi connectivity index (χ4v) is 3.56. The number of rotatable bonds is 3. The summed E-state index contributed by atoms with van der Waals surface area (Å²) in [5.74, 6) is -1.06. The molecule has 0 saturated heterocycles. The number of aromatic nitrogens is 1. The summed E-state index contributed by atoms with van der Waals surface area (Å²) in [5.41, 5.74) is 0.919. The Morgan fingerprint density at radius 1 is 1.12 bits per heavy atom. The number of amides is 3. The first kappa shape index (κ1) is 16.1. The predicted molar refractivity (Wildman–Crippen MR) is 91.8 cm³/mol. The van der Waals surface area contributed by atoms with Crippen LogP contribution in [0.25, 0.3) is 10.2 Å². The molecule has 0 spiro atoms. The number of imide groups is 1. The van der Waals surface area contributed by atoms with Crippen molar-refractivity contribution in [2.75, 3.05) is 12.4 Å². The molecular weight excluding hydrogens is 350 g/mol. The first-order chi connectivity index (χ1) is 11.6. The van der Waals surface area contributed by atoms with E-state index in [1.165, 1.54) is 28.7 Å². The number of hydrogen-bond donors (Lipinski definition) is 2. The average Bonchev–Trinajstić information content (AvgIpc) is 3.20. The Morgan fingerprint density at radius 2 is 1.92 bits per heavy atom. The van der Waals surface area contributed by atoms with E-state index in [1.54, 1.807) is 5.38 Å². The van der Waals surface area contributed by atoms with Crippen LogP contribution < -0.4 is 10.6 Å². The molecule has 3 aromatic rings. The maximum atomic E-state index is 12.4. The molecule has 0 saturated carbocycles. The molecular formula is C15H11N3O4S2. The molecule has 0 radical (unpaired) electrons. The third-order valence-corrected chi connectivity index (χ3v) is 4.89. The predicted octanol–water partition coefficient (Wildman–Crippen LogP) is 3.11. The van der Waals surface area contributed by atoms with Gasteiger partial charge in [0.05, 0.1) is 22.9 Å². The van der Waals surface area contributed by atoms with Crippen molar-refractivity contribution in [1.82, 2.24) is 10.3 Å². The molecule has 3 rings (SSSR count). The van der Waals surface area contributed by atoms with Gasteiger partial charge in [0.2, 0.25) is 0 Å². The van der Waals surface area contributed by atoms with E-state index >= 15 is 0 Å². The van der Waals surface area contributed by atoms with Crippen LogP contribution in [-0.4, -0.2) is 30.0 Å². The third-order valence-electron chi connectivity index (χ3n) is 3.03. The molecule has 2 heterocycles. The summed E-state index contributed by atoms with van der Waals surface area (Å²) in [7, 11) is 1.16. The van der Waals surface area contributed by atoms with Crippen LogP contribution in [0.5, 0.6) is 0 Å². The number of fused-ring (bicyclic) bond motifs is 1. The lowest BCUT2D eigenvalue weighted by molar-refractivity contribution is 0.0938. The Bertz CT molecular complexity index is 899. The van der Waals surface area contributed by atoms with E-state index in [4.69, 9.17) is 0 Å². The lowest BCUT2D eigenvalue weighted by Gasteiger charge is -2.05. The number of hydrogen-bond acceptors (Lipinski definition) is 7. The van der Waals surface area contributed by atoms with Crippen LogP contribution >= 0.6 is 22.7 Å². The molecule has 0 bridgehead atoms. The minimum absolute atomic E-state index is 0.180. The molecule has 3 amide bonds. The molecule has 0 aliphatic carbocycles. The zero-order valence-corrected chi connectivity index (χ0v) is 14.0. The topological polar surface area (TPSA) is 97.4 Å². The second kappa shape index (κ2) is 6.77. The maximum Gasteiger partial charge on any atom is 0.413 e. The smallest absolute Gasteiger partial charge is 0.413 e. The highest BCUT2D eigenvalue weighted by Crippen LogP contribution is 2.26. The molecule has 0 aliphatic heterocycles. The van der Waals surface area contributed by atoms with E-state index in [-0.39, 0.29) is 5.56 Å². The summed E-state index contributed by atoms with van der Waals surface area (Å²) in [4.78, 5) is 39.7. The van der Waals surface area contributed by atoms with Gasteiger partial charge in [-0.3, -0.25) is 14.9 Å². The standard InChI is InChI=1S/C15H11N3O4S2/c1-22-15(21)18-11(19)8-6-7-23-13(8)17-12(20)14-16-9-4-2-3-5-10(9)24-14/h2-7H,1H3,(H,17,20)(H,18,19,21). The van der Waals surface area contributed by atoms with Crippen LogP contribution in [0.4, 0.5) is 9.80 Å². The number of anilines is 1. The fourth-order valence-electron chi connectivity index (χ4n) is 1.92. The van der Waals surface area contributed by atoms with Gasteiger partial charge in [0, 0.05) is 0 Å². The number of alkyl carbamates (subject to hydrolysis) is 1. The monoisotopic (exact) mass is 361 g/mol. The Hall–Kier alpha value is -2.78. The van der Waals surface area contributed by atoms with Gasteiger partial charge in [0.1, 0.15) is 5.00 Å². The Balaban J connectivity index is 1.79. The molecule has 9 heteroatoms. The highest BCUT2D eigenvalue weighted by atomic mass is 32.1. The number of ether oxygens (including phenoxy) is 1. The lowest BCUT2D eigenvalue weighted by atomic mass is 10.3. The Kier molecular flexibility index (Phi) is 4.54. The number of nitrogens with zero attached hydrogens (tertiary/aromatic N) is 1. The van der Waals surface area contributed by atoms with E-state index < -0.39 is 17.9 Å². The van der Waals surface area contributed by atoms with E-state index in [9.17, 15) is 14.4 Å². The molecule has 0 aliphatic rings. The first-order valence-corrected chi connectivity index (χ1v) is 8.42. The van der Waals surface area contributed by atoms with Crippen molar-refractivity contribution in [3.8, 4) is 0 Å². The summed E-state index contributed by atoms with van der Waals surface area (Å²) < 4.78 is 5.28. The van der Waals surface area contributed by atoms with E-state index in [1.807, 2.05) is 29.6 Å². The number of methoxy groups -OCH3 is 1. The summed E-state index contributed by atoms with van der Waals surface area (Å²) in [6, 6.07) is 8.93. The van der Waals surface area contributed by atoms with Gasteiger partial charge in [-0.2, -0.15) is 0 Å². The Labute approximate surface area is 144 Å². The van der Waals surface area contributed by atoms with Gasteiger partial charge < -0.3 is 10.1 Å². The van der Waals surface area contributed by atoms with E-state index in [2.05, 4.69) is 15.0 Å². The van der Waals surface area contributed by atoms with Crippen molar-refractivity contribution >= 4 is 55.8 Å². The quantitative estimate of drug-likeness (QED) is 0.747. The number of thiophene rings is 1. The summed E-state index contributed by atoms with van der Waals surface area (Å²) in [5, 5.41) is 6.97. The number of benzene rings is 1. The number of thiazole rings is 1. The van der Waals surface area contributed by atoms with Crippen molar-refractivity contribution in [3.63, 3.8) is 0 Å². The van der Waals surface area contributed by atoms with Crippen molar-refractivity contribution < 1.29 is 19.1 Å². The van der Waals surface area contributed by atoms with Gasteiger partial charge >= 0.3 is 6.09 Å². The average molecular weight is 361 g/mol. The highest BCUT2D eigenvalue weighted by molar-refractivity contribution is 7.20. The second-order valence-electron chi connectivity index (χ2n) is 4.55. The van der Waals surface area contributed by atoms with Crippen molar-refractivity contribution in [1.29, 1.82) is 0 Å². The van der Waals surface area contributed by atoms with Gasteiger partial charge in [-0.15, -0.1) is 22.7 Å². The normalized spacial score (nSPS) is 10.4. The van der Waals surface area contributed by atoms with Gasteiger partial charge in [-0.25, -0.2) is 9.78 Å². The second-order valence-corrected chi connectivity index (χ2v) is 6.50. The lowest BCUT2D eigenvalue weighted by Crippen LogP contribution is -2.30. The van der Waals surface area contributed by atoms with Crippen LogP contribution in [0.2, 0.25) is 0 Å². The number of carbonyl (C=O) groups is 3. The van der Waals surface area contributed by atoms with Crippen molar-refractivity contribution in [2.45, 2.75) is 0 Å². The first-order valence-electron chi connectivity index (χ1n) is 6.72. The molecule has 1 aromatic carbocycles. The third kappa shape index (κ3) is 3.26. The fraction of sp³-hybridized carbons (Fsp3) is 0.0667. The van der Waals surface area contributed by atoms with Crippen LogP contribution in [0.1, 0.15) is 20.2 Å². The van der Waals surface area contributed by atoms with Crippen LogP contribution in [0.3, 0.4) is 0 Å². The number of carbonyl (C=O) groups excluding carboxylic acids is 3. The van der Waals surface area contributed by atoms with Crippen molar-refractivity contribution in [2.24, 2.45) is 0 Å². The van der Waals surface area contributed by atoms with Crippen molar-refractivity contribution in [3.05, 3.63) is 46.3 Å². The number of para-hydroxylation sites is 1. The summed E-state index contributed by atoms with van der Waals surface area (Å²) in [6.45, 7) is 0. The zero-order chi connectivity index (χ0) is 17.1. The van der Waals surface area contributed by atoms with Gasteiger partial charge in [-0.1, -0.05) is 12.1 Å². The molecule has 2 aromatic heterocycles. The molecule has 122 valence electrons. The summed E-state index contributed by atoms with van der Waals surface area (Å²) in [6.07, 6.45) is -0.866. The molecule has 0 unspecified atom stereocenters. The maximum absolute atomic E-state index is 12.4. The van der Waals surface area contributed by atoms with Gasteiger partial charge in [0.15, 0.2) is 5.01 Å². The van der Waals surface area contributed by atoms with Crippen LogP contribution in [-0.2, 0) is 4.74 Å². The van der Waals surface area contributed by atoms with Gasteiger partial charge in [-0.05, 0) is 23.6 Å². The molecule has 0 atom stereocenters.